The summed E-state index contributed by atoms with van der Waals surface area (Å²) < 4.78 is 2.11. The molecule has 1 atom stereocenters. The van der Waals surface area contributed by atoms with E-state index in [1.165, 1.54) is 0 Å². The fourth-order valence-corrected chi connectivity index (χ4v) is 3.45. The number of aromatic nitrogens is 2. The fourth-order valence-electron chi connectivity index (χ4n) is 3.18. The van der Waals surface area contributed by atoms with E-state index in [0.29, 0.717) is 10.6 Å². The van der Waals surface area contributed by atoms with Crippen molar-refractivity contribution in [2.45, 2.75) is 33.2 Å². The van der Waals surface area contributed by atoms with Gasteiger partial charge >= 0.3 is 0 Å². The van der Waals surface area contributed by atoms with Gasteiger partial charge in [0.05, 0.1) is 22.8 Å². The molecule has 1 aliphatic rings. The van der Waals surface area contributed by atoms with Crippen LogP contribution in [0.25, 0.3) is 0 Å². The number of Topliss-reactive ketones (excluding diaryl/α,β-unsaturated/α-hetero) is 1. The number of fused-ring (bicyclic) bond motifs is 1. The Bertz CT molecular complexity index is 688. The zero-order valence-electron chi connectivity index (χ0n) is 11.9. The van der Waals surface area contributed by atoms with Gasteiger partial charge in [-0.1, -0.05) is 44.5 Å². The molecule has 1 aliphatic carbocycles. The fraction of sp³-hybridized carbons (Fsp3) is 0.375. The summed E-state index contributed by atoms with van der Waals surface area (Å²) >= 11 is 6.25. The molecule has 104 valence electrons. The number of ketones is 1. The van der Waals surface area contributed by atoms with E-state index < -0.39 is 5.41 Å². The number of hydrogen-bond acceptors (Lipinski definition) is 2. The zero-order chi connectivity index (χ0) is 14.5. The molecule has 0 bridgehead atoms. The van der Waals surface area contributed by atoms with E-state index in [2.05, 4.69) is 16.5 Å². The summed E-state index contributed by atoms with van der Waals surface area (Å²) in [7, 11) is 0. The van der Waals surface area contributed by atoms with Crippen molar-refractivity contribution < 1.29 is 4.79 Å². The molecule has 1 unspecified atom stereocenters. The molecule has 1 aromatic heterocycles. The first-order valence-corrected chi connectivity index (χ1v) is 7.20. The Morgan fingerprint density at radius 2 is 2.15 bits per heavy atom. The number of imidazole rings is 1. The molecular weight excluding hydrogens is 272 g/mol. The molecule has 0 saturated heterocycles. The third-order valence-electron chi connectivity index (χ3n) is 4.22. The average molecular weight is 289 g/mol. The third-order valence-corrected chi connectivity index (χ3v) is 4.54. The Morgan fingerprint density at radius 3 is 2.85 bits per heavy atom. The van der Waals surface area contributed by atoms with Gasteiger partial charge in [-0.2, -0.15) is 0 Å². The number of rotatable bonds is 2. The minimum absolute atomic E-state index is 0.0406. The van der Waals surface area contributed by atoms with E-state index in [-0.39, 0.29) is 11.8 Å². The molecule has 2 aromatic rings. The molecule has 20 heavy (non-hydrogen) atoms. The summed E-state index contributed by atoms with van der Waals surface area (Å²) in [4.78, 5) is 17.0. The number of aryl methyl sites for hydroxylation is 1. The van der Waals surface area contributed by atoms with Crippen molar-refractivity contribution in [1.82, 2.24) is 9.55 Å². The minimum Gasteiger partial charge on any atom is -0.326 e. The van der Waals surface area contributed by atoms with Crippen LogP contribution < -0.4 is 0 Å². The van der Waals surface area contributed by atoms with Crippen LogP contribution in [0.4, 0.5) is 0 Å². The van der Waals surface area contributed by atoms with Gasteiger partial charge in [0.25, 0.3) is 0 Å². The molecule has 0 saturated carbocycles. The zero-order valence-corrected chi connectivity index (χ0v) is 12.6. The number of benzene rings is 1. The quantitative estimate of drug-likeness (QED) is 0.840. The molecule has 3 nitrogen and oxygen atoms in total. The SMILES string of the molecule is CCc1cncn1C1c2cccc(Cl)c2C(=O)C1(C)C. The maximum Gasteiger partial charge on any atom is 0.172 e. The van der Waals surface area contributed by atoms with Gasteiger partial charge < -0.3 is 4.57 Å². The molecule has 0 radical (unpaired) electrons. The van der Waals surface area contributed by atoms with Crippen molar-refractivity contribution in [3.63, 3.8) is 0 Å². The van der Waals surface area contributed by atoms with E-state index in [0.717, 1.165) is 17.7 Å². The number of nitrogens with zero attached hydrogens (tertiary/aromatic N) is 2. The Hall–Kier alpha value is -1.61. The molecular formula is C16H17ClN2O. The van der Waals surface area contributed by atoms with Crippen molar-refractivity contribution in [2.75, 3.05) is 0 Å². The maximum absolute atomic E-state index is 12.7. The van der Waals surface area contributed by atoms with Gasteiger partial charge in [0.2, 0.25) is 0 Å². The molecule has 0 amide bonds. The van der Waals surface area contributed by atoms with Crippen LogP contribution in [0.2, 0.25) is 5.02 Å². The highest BCUT2D eigenvalue weighted by molar-refractivity contribution is 6.34. The lowest BCUT2D eigenvalue weighted by Crippen LogP contribution is -2.29. The van der Waals surface area contributed by atoms with Gasteiger partial charge in [-0.3, -0.25) is 4.79 Å². The number of carbonyl (C=O) groups excluding carboxylic acids is 1. The summed E-state index contributed by atoms with van der Waals surface area (Å²) in [6, 6.07) is 5.65. The van der Waals surface area contributed by atoms with Crippen LogP contribution >= 0.6 is 11.6 Å². The summed E-state index contributed by atoms with van der Waals surface area (Å²) in [5.74, 6) is 0.110. The van der Waals surface area contributed by atoms with Gasteiger partial charge in [-0.15, -0.1) is 0 Å². The van der Waals surface area contributed by atoms with Gasteiger partial charge in [0.15, 0.2) is 5.78 Å². The second-order valence-corrected chi connectivity index (χ2v) is 6.21. The third kappa shape index (κ3) is 1.66. The Labute approximate surface area is 123 Å². The van der Waals surface area contributed by atoms with Gasteiger partial charge in [0, 0.05) is 17.5 Å². The van der Waals surface area contributed by atoms with Gasteiger partial charge in [-0.25, -0.2) is 4.98 Å². The summed E-state index contributed by atoms with van der Waals surface area (Å²) in [5, 5.41) is 0.543. The van der Waals surface area contributed by atoms with E-state index in [1.807, 2.05) is 38.5 Å². The van der Waals surface area contributed by atoms with E-state index in [9.17, 15) is 4.79 Å². The monoisotopic (exact) mass is 288 g/mol. The van der Waals surface area contributed by atoms with Crippen LogP contribution in [-0.4, -0.2) is 15.3 Å². The number of halogens is 1. The number of carbonyl (C=O) groups is 1. The van der Waals surface area contributed by atoms with Crippen LogP contribution in [0.3, 0.4) is 0 Å². The Morgan fingerprint density at radius 1 is 1.40 bits per heavy atom. The van der Waals surface area contributed by atoms with Crippen LogP contribution in [0.15, 0.2) is 30.7 Å². The predicted octanol–water partition coefficient (Wildman–Crippen LogP) is 3.91. The van der Waals surface area contributed by atoms with Crippen molar-refractivity contribution in [3.8, 4) is 0 Å². The molecule has 0 aliphatic heterocycles. The van der Waals surface area contributed by atoms with Gasteiger partial charge in [-0.05, 0) is 18.1 Å². The highest BCUT2D eigenvalue weighted by Gasteiger charge is 2.48. The largest absolute Gasteiger partial charge is 0.326 e. The second kappa shape index (κ2) is 4.45. The van der Waals surface area contributed by atoms with E-state index >= 15 is 0 Å². The lowest BCUT2D eigenvalue weighted by Gasteiger charge is -2.28. The predicted molar refractivity (Wildman–Crippen MR) is 79.3 cm³/mol. The average Bonchev–Trinajstić information content (AvgIpc) is 2.92. The lowest BCUT2D eigenvalue weighted by molar-refractivity contribution is 0.0820. The van der Waals surface area contributed by atoms with Crippen molar-refractivity contribution in [1.29, 1.82) is 0 Å². The molecule has 4 heteroatoms. The molecule has 0 spiro atoms. The standard InChI is InChI=1S/C16H17ClN2O/c1-4-10-8-18-9-19(10)14-11-6-5-7-12(17)13(11)15(20)16(14,2)3/h5-9,14H,4H2,1-3H3. The van der Waals surface area contributed by atoms with Gasteiger partial charge in [0.1, 0.15) is 0 Å². The van der Waals surface area contributed by atoms with Crippen molar-refractivity contribution >= 4 is 17.4 Å². The second-order valence-electron chi connectivity index (χ2n) is 5.80. The highest BCUT2D eigenvalue weighted by atomic mass is 35.5. The topological polar surface area (TPSA) is 34.9 Å². The molecule has 3 rings (SSSR count). The number of hydrogen-bond donors (Lipinski definition) is 0. The van der Waals surface area contributed by atoms with Crippen LogP contribution in [-0.2, 0) is 6.42 Å². The molecule has 0 N–H and O–H groups in total. The maximum atomic E-state index is 12.7. The smallest absolute Gasteiger partial charge is 0.172 e. The minimum atomic E-state index is -0.516. The summed E-state index contributed by atoms with van der Waals surface area (Å²) in [6.07, 6.45) is 4.56. The van der Waals surface area contributed by atoms with Crippen LogP contribution in [0.5, 0.6) is 0 Å². The highest BCUT2D eigenvalue weighted by Crippen LogP contribution is 2.49. The van der Waals surface area contributed by atoms with Crippen LogP contribution in [0.1, 0.15) is 48.4 Å². The van der Waals surface area contributed by atoms with E-state index in [1.54, 1.807) is 6.07 Å². The molecule has 1 heterocycles. The first-order chi connectivity index (χ1) is 9.48. The normalized spacial score (nSPS) is 20.2. The first-order valence-electron chi connectivity index (χ1n) is 6.82. The van der Waals surface area contributed by atoms with Crippen molar-refractivity contribution in [2.24, 2.45) is 5.41 Å². The molecule has 1 aromatic carbocycles. The lowest BCUT2D eigenvalue weighted by atomic mass is 9.84. The summed E-state index contributed by atoms with van der Waals surface area (Å²) in [5.41, 5.74) is 2.28. The van der Waals surface area contributed by atoms with Crippen molar-refractivity contribution in [3.05, 3.63) is 52.6 Å². The first kappa shape index (κ1) is 13.4. The molecule has 0 fully saturated rings. The van der Waals surface area contributed by atoms with Crippen LogP contribution in [0, 0.1) is 5.41 Å². The Kier molecular flexibility index (Phi) is 2.98. The summed E-state index contributed by atoms with van der Waals surface area (Å²) in [6.45, 7) is 6.06. The van der Waals surface area contributed by atoms with E-state index in [4.69, 9.17) is 11.6 Å². The Balaban J connectivity index is 2.26.